The summed E-state index contributed by atoms with van der Waals surface area (Å²) in [6, 6.07) is 0. The van der Waals surface area contributed by atoms with Crippen LogP contribution in [0.2, 0.25) is 0 Å². The molecule has 1 atom stereocenters. The van der Waals surface area contributed by atoms with Crippen LogP contribution in [0.3, 0.4) is 0 Å². The summed E-state index contributed by atoms with van der Waals surface area (Å²) in [5.74, 6) is 0. The first-order valence-electron chi connectivity index (χ1n) is 2.17. The molecule has 1 unspecified atom stereocenters. The van der Waals surface area contributed by atoms with E-state index in [-0.39, 0.29) is 0 Å². The Labute approximate surface area is 54.6 Å². The average molecular weight is 146 g/mol. The summed E-state index contributed by atoms with van der Waals surface area (Å²) in [4.78, 5) is 0. The zero-order chi connectivity index (χ0) is 6.62. The van der Waals surface area contributed by atoms with Gasteiger partial charge in [0.2, 0.25) is 0 Å². The van der Waals surface area contributed by atoms with Gasteiger partial charge in [-0.2, -0.15) is 9.65 Å². The van der Waals surface area contributed by atoms with Gasteiger partial charge in [0.1, 0.15) is 0 Å². The molecule has 0 aliphatic carbocycles. The first kappa shape index (κ1) is 8.00. The number of rotatable bonds is 3. The maximum Gasteiger partial charge on any atom is -0.0435 e. The lowest BCUT2D eigenvalue weighted by atomic mass is 11.2. The van der Waals surface area contributed by atoms with Gasteiger partial charge in [0, 0.05) is 0 Å². The third-order valence-corrected chi connectivity index (χ3v) is 4.33. The minimum atomic E-state index is -0.944. The van der Waals surface area contributed by atoms with E-state index in [9.17, 15) is 0 Å². The van der Waals surface area contributed by atoms with Gasteiger partial charge < -0.3 is 0 Å². The van der Waals surface area contributed by atoms with Crippen molar-refractivity contribution < 1.29 is 0 Å². The molecule has 0 aromatic rings. The Hall–Kier alpha value is 0. The second-order valence-corrected chi connectivity index (χ2v) is 6.40. The summed E-state index contributed by atoms with van der Waals surface area (Å²) in [7, 11) is 1.73. The predicted molar refractivity (Wildman–Crippen MR) is 47.9 cm³/mol. The van der Waals surface area contributed by atoms with Gasteiger partial charge in [0.15, 0.2) is 0 Å². The lowest BCUT2D eigenvalue weighted by Gasteiger charge is -2.20. The Morgan fingerprint density at radius 1 is 1.00 bits per heavy atom. The fourth-order valence-corrected chi connectivity index (χ4v) is 0.612. The molecule has 0 heterocycles. The highest BCUT2D eigenvalue weighted by Crippen LogP contribution is 2.58. The fourth-order valence-electron chi connectivity index (χ4n) is 0.204. The molecule has 0 aromatic carbocycles. The van der Waals surface area contributed by atoms with E-state index in [1.54, 1.807) is 0 Å². The van der Waals surface area contributed by atoms with Crippen LogP contribution in [0.15, 0.2) is 36.0 Å². The molecule has 2 heteroatoms. The van der Waals surface area contributed by atoms with Gasteiger partial charge in [-0.3, -0.25) is 0 Å². The van der Waals surface area contributed by atoms with E-state index in [1.807, 2.05) is 16.2 Å². The van der Waals surface area contributed by atoms with Crippen LogP contribution in [-0.2, 0) is 0 Å². The zero-order valence-electron chi connectivity index (χ0n) is 4.84. The standard InChI is InChI=1S/C6H11PS/c1-4-8(7,5-2)6-3/h4-6H,1-3,7H2. The van der Waals surface area contributed by atoms with E-state index in [0.717, 1.165) is 0 Å². The van der Waals surface area contributed by atoms with E-state index in [4.69, 9.17) is 0 Å². The largest absolute Gasteiger partial charge is 0.167 e. The molecule has 0 amide bonds. The lowest BCUT2D eigenvalue weighted by molar-refractivity contribution is 2.44. The molecule has 0 fully saturated rings. The highest BCUT2D eigenvalue weighted by atomic mass is 32.8. The van der Waals surface area contributed by atoms with Crippen molar-refractivity contribution in [2.45, 2.75) is 0 Å². The van der Waals surface area contributed by atoms with Crippen molar-refractivity contribution in [3.8, 4) is 0 Å². The van der Waals surface area contributed by atoms with E-state index in [0.29, 0.717) is 0 Å². The Balaban J connectivity index is 4.18. The highest BCUT2D eigenvalue weighted by molar-refractivity contribution is 8.73. The maximum atomic E-state index is 3.65. The van der Waals surface area contributed by atoms with Crippen LogP contribution in [0.1, 0.15) is 0 Å². The summed E-state index contributed by atoms with van der Waals surface area (Å²) in [6.07, 6.45) is 0. The third kappa shape index (κ3) is 1.85. The minimum absolute atomic E-state index is 0.944. The molecule has 0 bridgehead atoms. The molecule has 0 radical (unpaired) electrons. The normalized spacial score (nSPS) is 12.1. The van der Waals surface area contributed by atoms with Crippen LogP contribution in [0.25, 0.3) is 0 Å². The van der Waals surface area contributed by atoms with Gasteiger partial charge in [-0.25, -0.2) is 0 Å². The van der Waals surface area contributed by atoms with Crippen molar-refractivity contribution in [2.24, 2.45) is 0 Å². The summed E-state index contributed by atoms with van der Waals surface area (Å²) in [5.41, 5.74) is 0. The molecule has 0 aromatic heterocycles. The Morgan fingerprint density at radius 2 is 1.25 bits per heavy atom. The smallest absolute Gasteiger partial charge is 0.0435 e. The molecule has 0 saturated heterocycles. The SMILES string of the molecule is C=CS(P)(C=C)C=C. The van der Waals surface area contributed by atoms with Crippen molar-refractivity contribution in [3.05, 3.63) is 36.0 Å². The van der Waals surface area contributed by atoms with Gasteiger partial charge >= 0.3 is 0 Å². The van der Waals surface area contributed by atoms with Gasteiger partial charge in [-0.15, -0.1) is 0 Å². The van der Waals surface area contributed by atoms with Gasteiger partial charge in [-0.05, 0) is 16.2 Å². The van der Waals surface area contributed by atoms with Gasteiger partial charge in [0.25, 0.3) is 0 Å². The van der Waals surface area contributed by atoms with Crippen LogP contribution in [0, 0.1) is 0 Å². The topological polar surface area (TPSA) is 0 Å². The summed E-state index contributed by atoms with van der Waals surface area (Å²) in [5, 5.41) is 5.58. The quantitative estimate of drug-likeness (QED) is 0.537. The first-order chi connectivity index (χ1) is 3.68. The monoisotopic (exact) mass is 146 g/mol. The van der Waals surface area contributed by atoms with Crippen molar-refractivity contribution in [2.75, 3.05) is 0 Å². The van der Waals surface area contributed by atoms with Crippen LogP contribution in [0.4, 0.5) is 0 Å². The van der Waals surface area contributed by atoms with Crippen LogP contribution in [-0.4, -0.2) is 0 Å². The van der Waals surface area contributed by atoms with Gasteiger partial charge in [0.05, 0.1) is 0 Å². The second-order valence-electron chi connectivity index (χ2n) is 1.32. The van der Waals surface area contributed by atoms with E-state index < -0.39 is 9.65 Å². The third-order valence-electron chi connectivity index (χ3n) is 0.866. The van der Waals surface area contributed by atoms with E-state index >= 15 is 0 Å². The molecule has 46 valence electrons. The van der Waals surface area contributed by atoms with Gasteiger partial charge in [-0.1, -0.05) is 28.2 Å². The molecule has 0 N–H and O–H groups in total. The van der Waals surface area contributed by atoms with Crippen molar-refractivity contribution in [1.29, 1.82) is 0 Å². The molecule has 0 aliphatic heterocycles. The molecule has 0 nitrogen and oxygen atoms in total. The summed E-state index contributed by atoms with van der Waals surface area (Å²) in [6.45, 7) is 10.9. The molecule has 0 aliphatic rings. The zero-order valence-corrected chi connectivity index (χ0v) is 6.81. The molecular formula is C6H11PS. The summed E-state index contributed by atoms with van der Waals surface area (Å²) >= 11 is 0. The molecule has 8 heavy (non-hydrogen) atoms. The second kappa shape index (κ2) is 3.11. The fraction of sp³-hybridized carbons (Fsp3) is 0. The highest BCUT2D eigenvalue weighted by Gasteiger charge is 1.99. The van der Waals surface area contributed by atoms with Crippen LogP contribution in [0.5, 0.6) is 0 Å². The Bertz CT molecular complexity index is 95.9. The van der Waals surface area contributed by atoms with Crippen molar-refractivity contribution in [1.82, 2.24) is 0 Å². The average Bonchev–Trinajstić information content (AvgIpc) is 1.87. The van der Waals surface area contributed by atoms with Crippen LogP contribution < -0.4 is 0 Å². The van der Waals surface area contributed by atoms with Crippen molar-refractivity contribution in [3.63, 3.8) is 0 Å². The Morgan fingerprint density at radius 3 is 1.25 bits per heavy atom. The molecule has 0 spiro atoms. The first-order valence-corrected chi connectivity index (χ1v) is 5.47. The predicted octanol–water partition coefficient (Wildman–Crippen LogP) is 3.01. The van der Waals surface area contributed by atoms with E-state index in [1.165, 1.54) is 0 Å². The van der Waals surface area contributed by atoms with E-state index in [2.05, 4.69) is 28.2 Å². The Kier molecular flexibility index (Phi) is 3.11. The molecule has 0 saturated carbocycles. The van der Waals surface area contributed by atoms with Crippen molar-refractivity contribution >= 4 is 18.1 Å². The number of hydrogen-bond donors (Lipinski definition) is 0. The molecular weight excluding hydrogens is 135 g/mol. The van der Waals surface area contributed by atoms with Crippen LogP contribution >= 0.6 is 18.1 Å². The maximum absolute atomic E-state index is 3.65. The summed E-state index contributed by atoms with van der Waals surface area (Å²) < 4.78 is 0. The minimum Gasteiger partial charge on any atom is -0.167 e. The lowest BCUT2D eigenvalue weighted by Crippen LogP contribution is -1.67. The molecule has 0 rings (SSSR count). The number of hydrogen-bond acceptors (Lipinski definition) is 0.